The van der Waals surface area contributed by atoms with E-state index in [9.17, 15) is 14.0 Å². The molecular formula is C15H18FN3O3. The summed E-state index contributed by atoms with van der Waals surface area (Å²) in [7, 11) is 3.81. The fourth-order valence-electron chi connectivity index (χ4n) is 1.86. The Labute approximate surface area is 127 Å². The third-order valence-corrected chi connectivity index (χ3v) is 3.03. The maximum Gasteiger partial charge on any atom is 0.419 e. The number of amides is 1. The van der Waals surface area contributed by atoms with Crippen LogP contribution in [-0.4, -0.2) is 42.6 Å². The van der Waals surface area contributed by atoms with Gasteiger partial charge < -0.3 is 14.6 Å². The summed E-state index contributed by atoms with van der Waals surface area (Å²) in [5.41, 5.74) is 0.574. The predicted molar refractivity (Wildman–Crippen MR) is 79.9 cm³/mol. The van der Waals surface area contributed by atoms with Crippen LogP contribution in [0.4, 0.5) is 4.39 Å². The molecule has 2 aromatic rings. The van der Waals surface area contributed by atoms with Gasteiger partial charge in [-0.05, 0) is 38.4 Å². The second-order valence-electron chi connectivity index (χ2n) is 5.15. The molecule has 1 aromatic heterocycles. The maximum atomic E-state index is 12.9. The van der Waals surface area contributed by atoms with E-state index in [1.807, 2.05) is 19.0 Å². The van der Waals surface area contributed by atoms with E-state index in [0.717, 1.165) is 0 Å². The molecule has 6 nitrogen and oxygen atoms in total. The van der Waals surface area contributed by atoms with Gasteiger partial charge in [-0.2, -0.15) is 0 Å². The van der Waals surface area contributed by atoms with Crippen molar-refractivity contribution in [1.29, 1.82) is 0 Å². The van der Waals surface area contributed by atoms with Crippen LogP contribution in [0.1, 0.15) is 0 Å². The van der Waals surface area contributed by atoms with Crippen LogP contribution in [0.3, 0.4) is 0 Å². The molecule has 0 aliphatic carbocycles. The van der Waals surface area contributed by atoms with E-state index in [2.05, 4.69) is 5.32 Å². The third-order valence-electron chi connectivity index (χ3n) is 3.03. The molecule has 0 aliphatic rings. The molecule has 0 radical (unpaired) electrons. The number of carbonyl (C=O) groups excluding carboxylic acids is 1. The van der Waals surface area contributed by atoms with Crippen molar-refractivity contribution in [2.45, 2.75) is 6.54 Å². The van der Waals surface area contributed by atoms with Gasteiger partial charge in [0.1, 0.15) is 12.4 Å². The van der Waals surface area contributed by atoms with E-state index in [1.165, 1.54) is 35.0 Å². The highest BCUT2D eigenvalue weighted by Crippen LogP contribution is 2.18. The third kappa shape index (κ3) is 4.29. The van der Waals surface area contributed by atoms with Gasteiger partial charge in [0.2, 0.25) is 5.91 Å². The van der Waals surface area contributed by atoms with Crippen molar-refractivity contribution in [3.05, 3.63) is 46.8 Å². The SMILES string of the molecule is CN(C)CCNC(=O)Cn1cc(-c2ccc(F)cc2)oc1=O. The molecule has 22 heavy (non-hydrogen) atoms. The number of nitrogens with zero attached hydrogens (tertiary/aromatic N) is 2. The Bertz CT molecular complexity index is 689. The zero-order chi connectivity index (χ0) is 16.1. The lowest BCUT2D eigenvalue weighted by atomic mass is 10.2. The number of nitrogens with one attached hydrogen (secondary N) is 1. The van der Waals surface area contributed by atoms with Crippen LogP contribution in [0.2, 0.25) is 0 Å². The first-order chi connectivity index (χ1) is 10.5. The van der Waals surface area contributed by atoms with Gasteiger partial charge in [-0.1, -0.05) is 0 Å². The fraction of sp³-hybridized carbons (Fsp3) is 0.333. The van der Waals surface area contributed by atoms with Crippen LogP contribution in [0.25, 0.3) is 11.3 Å². The summed E-state index contributed by atoms with van der Waals surface area (Å²) in [5, 5.41) is 2.71. The molecule has 1 heterocycles. The number of hydrogen-bond donors (Lipinski definition) is 1. The Balaban J connectivity index is 2.02. The summed E-state index contributed by atoms with van der Waals surface area (Å²) in [4.78, 5) is 25.4. The molecule has 0 saturated heterocycles. The molecule has 0 bridgehead atoms. The summed E-state index contributed by atoms with van der Waals surface area (Å²) in [6.07, 6.45) is 1.45. The molecular weight excluding hydrogens is 289 g/mol. The maximum absolute atomic E-state index is 12.9. The smallest absolute Gasteiger partial charge is 0.408 e. The summed E-state index contributed by atoms with van der Waals surface area (Å²) in [5.74, 6) is -0.964. The summed E-state index contributed by atoms with van der Waals surface area (Å²) in [6.45, 7) is 1.10. The number of oxazole rings is 1. The zero-order valence-corrected chi connectivity index (χ0v) is 12.5. The molecule has 1 amide bonds. The second-order valence-corrected chi connectivity index (χ2v) is 5.15. The van der Waals surface area contributed by atoms with Gasteiger partial charge in [0.15, 0.2) is 5.76 Å². The Morgan fingerprint density at radius 1 is 1.32 bits per heavy atom. The van der Waals surface area contributed by atoms with Crippen molar-refractivity contribution in [2.24, 2.45) is 0 Å². The first-order valence-corrected chi connectivity index (χ1v) is 6.83. The van der Waals surface area contributed by atoms with Crippen LogP contribution in [0, 0.1) is 5.82 Å². The largest absolute Gasteiger partial charge is 0.419 e. The van der Waals surface area contributed by atoms with Crippen molar-refractivity contribution in [3.63, 3.8) is 0 Å². The van der Waals surface area contributed by atoms with Gasteiger partial charge in [0.05, 0.1) is 6.20 Å². The molecule has 118 valence electrons. The predicted octanol–water partition coefficient (Wildman–Crippen LogP) is 0.925. The van der Waals surface area contributed by atoms with Crippen LogP contribution in [0.15, 0.2) is 39.7 Å². The van der Waals surface area contributed by atoms with E-state index >= 15 is 0 Å². The number of aromatic nitrogens is 1. The number of likely N-dealkylation sites (N-methyl/N-ethyl adjacent to an activating group) is 1. The van der Waals surface area contributed by atoms with E-state index in [1.54, 1.807) is 0 Å². The van der Waals surface area contributed by atoms with Gasteiger partial charge >= 0.3 is 5.76 Å². The fourth-order valence-corrected chi connectivity index (χ4v) is 1.86. The highest BCUT2D eigenvalue weighted by molar-refractivity contribution is 5.75. The quantitative estimate of drug-likeness (QED) is 0.862. The average Bonchev–Trinajstić information content (AvgIpc) is 2.80. The van der Waals surface area contributed by atoms with Gasteiger partial charge in [0.25, 0.3) is 0 Å². The highest BCUT2D eigenvalue weighted by atomic mass is 19.1. The molecule has 1 aromatic carbocycles. The standard InChI is InChI=1S/C15H18FN3O3/c1-18(2)8-7-17-14(20)10-19-9-13(22-15(19)21)11-3-5-12(16)6-4-11/h3-6,9H,7-8,10H2,1-2H3,(H,17,20). The number of hydrogen-bond acceptors (Lipinski definition) is 4. The zero-order valence-electron chi connectivity index (χ0n) is 12.5. The van der Waals surface area contributed by atoms with E-state index in [-0.39, 0.29) is 18.3 Å². The van der Waals surface area contributed by atoms with E-state index < -0.39 is 5.76 Å². The number of rotatable bonds is 6. The Hall–Kier alpha value is -2.41. The Morgan fingerprint density at radius 3 is 2.64 bits per heavy atom. The molecule has 0 unspecified atom stereocenters. The summed E-state index contributed by atoms with van der Waals surface area (Å²) < 4.78 is 19.1. The van der Waals surface area contributed by atoms with E-state index in [0.29, 0.717) is 24.4 Å². The van der Waals surface area contributed by atoms with Gasteiger partial charge in [0, 0.05) is 18.7 Å². The monoisotopic (exact) mass is 307 g/mol. The Kier molecular flexibility index (Phi) is 5.11. The highest BCUT2D eigenvalue weighted by Gasteiger charge is 2.11. The molecule has 0 saturated carbocycles. The molecule has 0 atom stereocenters. The Morgan fingerprint density at radius 2 is 2.00 bits per heavy atom. The second kappa shape index (κ2) is 7.04. The molecule has 0 fully saturated rings. The van der Waals surface area contributed by atoms with Crippen LogP contribution in [0.5, 0.6) is 0 Å². The molecule has 2 rings (SSSR count). The van der Waals surface area contributed by atoms with Gasteiger partial charge in [-0.3, -0.25) is 9.36 Å². The summed E-state index contributed by atoms with van der Waals surface area (Å²) >= 11 is 0. The topological polar surface area (TPSA) is 67.5 Å². The van der Waals surface area contributed by atoms with Gasteiger partial charge in [-0.25, -0.2) is 9.18 Å². The van der Waals surface area contributed by atoms with Crippen molar-refractivity contribution < 1.29 is 13.6 Å². The minimum absolute atomic E-state index is 0.114. The summed E-state index contributed by atoms with van der Waals surface area (Å²) in [6, 6.07) is 5.57. The first kappa shape index (κ1) is 16.0. The minimum Gasteiger partial charge on any atom is -0.408 e. The van der Waals surface area contributed by atoms with Crippen LogP contribution in [-0.2, 0) is 11.3 Å². The molecule has 1 N–H and O–H groups in total. The van der Waals surface area contributed by atoms with E-state index in [4.69, 9.17) is 4.42 Å². The number of benzene rings is 1. The van der Waals surface area contributed by atoms with Gasteiger partial charge in [-0.15, -0.1) is 0 Å². The molecule has 0 spiro atoms. The lowest BCUT2D eigenvalue weighted by Crippen LogP contribution is -2.35. The average molecular weight is 307 g/mol. The van der Waals surface area contributed by atoms with Crippen molar-refractivity contribution in [2.75, 3.05) is 27.2 Å². The number of carbonyl (C=O) groups is 1. The van der Waals surface area contributed by atoms with Crippen molar-refractivity contribution >= 4 is 5.91 Å². The first-order valence-electron chi connectivity index (χ1n) is 6.83. The van der Waals surface area contributed by atoms with Crippen molar-refractivity contribution in [1.82, 2.24) is 14.8 Å². The normalized spacial score (nSPS) is 10.9. The lowest BCUT2D eigenvalue weighted by Gasteiger charge is -2.10. The van der Waals surface area contributed by atoms with Crippen LogP contribution < -0.4 is 11.1 Å². The molecule has 7 heteroatoms. The van der Waals surface area contributed by atoms with Crippen molar-refractivity contribution in [3.8, 4) is 11.3 Å². The lowest BCUT2D eigenvalue weighted by molar-refractivity contribution is -0.121. The number of halogens is 1. The minimum atomic E-state index is -0.623. The molecule has 0 aliphatic heterocycles. The van der Waals surface area contributed by atoms with Crippen LogP contribution >= 0.6 is 0 Å².